The van der Waals surface area contributed by atoms with Crippen LogP contribution in [0.5, 0.6) is 5.75 Å². The molecule has 1 unspecified atom stereocenters. The van der Waals surface area contributed by atoms with E-state index in [9.17, 15) is 8.78 Å². The third kappa shape index (κ3) is 11.4. The summed E-state index contributed by atoms with van der Waals surface area (Å²) in [6, 6.07) is 4.71. The molecule has 0 radical (unpaired) electrons. The fourth-order valence-electron chi connectivity index (χ4n) is 4.07. The van der Waals surface area contributed by atoms with Crippen LogP contribution in [-0.4, -0.2) is 22.7 Å². The quantitative estimate of drug-likeness (QED) is 0.190. The lowest BCUT2D eigenvalue weighted by Crippen LogP contribution is -2.08. The molecule has 0 aliphatic carbocycles. The van der Waals surface area contributed by atoms with Crippen molar-refractivity contribution in [3.63, 3.8) is 0 Å². The van der Waals surface area contributed by atoms with Gasteiger partial charge in [-0.15, -0.1) is 0 Å². The Hall–Kier alpha value is -2.04. The molecule has 2 rings (SSSR count). The molecule has 0 aliphatic rings. The Balaban J connectivity index is 1.68. The molecule has 0 saturated carbocycles. The molecule has 0 saturated heterocycles. The second-order valence-electron chi connectivity index (χ2n) is 9.37. The van der Waals surface area contributed by atoms with Crippen molar-refractivity contribution >= 4 is 0 Å². The Morgan fingerprint density at radius 2 is 1.41 bits per heavy atom. The van der Waals surface area contributed by atoms with Crippen molar-refractivity contribution in [2.75, 3.05) is 6.61 Å². The number of halogens is 2. The number of hydrogen-bond acceptors (Lipinski definition) is 3. The molecule has 0 bridgehead atoms. The minimum absolute atomic E-state index is 0.143. The third-order valence-corrected chi connectivity index (χ3v) is 6.27. The molecule has 0 amide bonds. The summed E-state index contributed by atoms with van der Waals surface area (Å²) in [5, 5.41) is 0. The highest BCUT2D eigenvalue weighted by molar-refractivity contribution is 5.56. The third-order valence-electron chi connectivity index (χ3n) is 6.27. The second-order valence-corrected chi connectivity index (χ2v) is 9.37. The summed E-state index contributed by atoms with van der Waals surface area (Å²) in [4.78, 5) is 8.86. The number of rotatable bonds is 19. The Morgan fingerprint density at radius 1 is 0.794 bits per heavy atom. The van der Waals surface area contributed by atoms with Gasteiger partial charge in [-0.1, -0.05) is 84.5 Å². The normalized spacial score (nSPS) is 12.1. The van der Waals surface area contributed by atoms with Gasteiger partial charge in [-0.2, -0.15) is 0 Å². The van der Waals surface area contributed by atoms with Gasteiger partial charge in [-0.3, -0.25) is 0 Å². The average molecular weight is 475 g/mol. The van der Waals surface area contributed by atoms with Crippen molar-refractivity contribution in [2.24, 2.45) is 0 Å². The summed E-state index contributed by atoms with van der Waals surface area (Å²) in [6.45, 7) is 4.47. The number of aromatic nitrogens is 2. The molecule has 0 aliphatic heterocycles. The van der Waals surface area contributed by atoms with Gasteiger partial charge in [-0.25, -0.2) is 18.7 Å². The van der Waals surface area contributed by atoms with E-state index >= 15 is 0 Å². The summed E-state index contributed by atoms with van der Waals surface area (Å²) in [5.74, 6) is 0.171. The fraction of sp³-hybridized carbons (Fsp3) is 0.655. The minimum Gasteiger partial charge on any atom is -0.490 e. The van der Waals surface area contributed by atoms with Crippen LogP contribution in [0.2, 0.25) is 0 Å². The van der Waals surface area contributed by atoms with Gasteiger partial charge < -0.3 is 4.74 Å². The maximum Gasteiger partial charge on any atom is 0.165 e. The second kappa shape index (κ2) is 17.4. The van der Waals surface area contributed by atoms with E-state index in [4.69, 9.17) is 4.74 Å². The van der Waals surface area contributed by atoms with Crippen LogP contribution in [0.1, 0.15) is 109 Å². The van der Waals surface area contributed by atoms with Crippen molar-refractivity contribution < 1.29 is 13.5 Å². The van der Waals surface area contributed by atoms with Crippen LogP contribution in [0.3, 0.4) is 0 Å². The topological polar surface area (TPSA) is 35.0 Å². The van der Waals surface area contributed by atoms with Gasteiger partial charge in [0.1, 0.15) is 6.17 Å². The lowest BCUT2D eigenvalue weighted by atomic mass is 10.0. The van der Waals surface area contributed by atoms with E-state index in [0.717, 1.165) is 31.2 Å². The zero-order valence-electron chi connectivity index (χ0n) is 21.3. The largest absolute Gasteiger partial charge is 0.490 e. The zero-order valence-corrected chi connectivity index (χ0v) is 21.3. The molecule has 2 aromatic rings. The lowest BCUT2D eigenvalue weighted by Gasteiger charge is -2.11. The Morgan fingerprint density at radius 3 is 2.03 bits per heavy atom. The molecule has 1 aromatic heterocycles. The average Bonchev–Trinajstić information content (AvgIpc) is 2.85. The van der Waals surface area contributed by atoms with E-state index < -0.39 is 12.0 Å². The first-order valence-corrected chi connectivity index (χ1v) is 13.5. The maximum absolute atomic E-state index is 14.4. The molecule has 1 atom stereocenters. The first-order chi connectivity index (χ1) is 16.6. The van der Waals surface area contributed by atoms with Gasteiger partial charge >= 0.3 is 0 Å². The molecule has 190 valence electrons. The minimum atomic E-state index is -0.894. The summed E-state index contributed by atoms with van der Waals surface area (Å²) in [5.41, 5.74) is 1.73. The van der Waals surface area contributed by atoms with Crippen LogP contribution in [-0.2, 0) is 6.42 Å². The van der Waals surface area contributed by atoms with Crippen LogP contribution in [0.4, 0.5) is 8.78 Å². The number of nitrogens with zero attached hydrogens (tertiary/aromatic N) is 2. The van der Waals surface area contributed by atoms with Crippen molar-refractivity contribution in [1.82, 2.24) is 9.97 Å². The molecule has 0 spiro atoms. The van der Waals surface area contributed by atoms with Gasteiger partial charge in [-0.05, 0) is 43.0 Å². The standard InChI is InChI=1S/C29H44F2N2O/c1-3-5-7-8-9-10-11-12-13-14-15-24-22-32-29(33-23-24)25-17-18-28(27(31)21-25)34-20-19-26(30)16-6-4-2/h17-18,21-23,26H,3-16,19-20H2,1-2H3. The Bertz CT molecular complexity index is 782. The van der Waals surface area contributed by atoms with Gasteiger partial charge in [0.15, 0.2) is 17.4 Å². The van der Waals surface area contributed by atoms with E-state index in [1.54, 1.807) is 12.1 Å². The van der Waals surface area contributed by atoms with Gasteiger partial charge in [0.05, 0.1) is 6.61 Å². The number of unbranched alkanes of at least 4 members (excludes halogenated alkanes) is 10. The summed E-state index contributed by atoms with van der Waals surface area (Å²) in [7, 11) is 0. The highest BCUT2D eigenvalue weighted by Gasteiger charge is 2.10. The highest BCUT2D eigenvalue weighted by atomic mass is 19.1. The van der Waals surface area contributed by atoms with Crippen molar-refractivity contribution in [3.8, 4) is 17.1 Å². The Kier molecular flexibility index (Phi) is 14.4. The van der Waals surface area contributed by atoms with Gasteiger partial charge in [0, 0.05) is 24.4 Å². The predicted molar refractivity (Wildman–Crippen MR) is 138 cm³/mol. The van der Waals surface area contributed by atoms with E-state index in [0.29, 0.717) is 17.8 Å². The molecule has 0 fully saturated rings. The summed E-state index contributed by atoms with van der Waals surface area (Å²) < 4.78 is 33.6. The lowest BCUT2D eigenvalue weighted by molar-refractivity contribution is 0.218. The molecule has 5 heteroatoms. The molecule has 0 N–H and O–H groups in total. The number of aryl methyl sites for hydroxylation is 1. The highest BCUT2D eigenvalue weighted by Crippen LogP contribution is 2.24. The molecule has 1 aromatic carbocycles. The van der Waals surface area contributed by atoms with Crippen LogP contribution in [0.25, 0.3) is 11.4 Å². The van der Waals surface area contributed by atoms with Gasteiger partial charge in [0.2, 0.25) is 0 Å². The zero-order chi connectivity index (χ0) is 24.4. The first-order valence-electron chi connectivity index (χ1n) is 13.5. The van der Waals surface area contributed by atoms with E-state index in [-0.39, 0.29) is 18.8 Å². The fourth-order valence-corrected chi connectivity index (χ4v) is 4.07. The monoisotopic (exact) mass is 474 g/mol. The van der Waals surface area contributed by atoms with Crippen LogP contribution in [0, 0.1) is 5.82 Å². The smallest absolute Gasteiger partial charge is 0.165 e. The number of benzene rings is 1. The number of hydrogen-bond donors (Lipinski definition) is 0. The van der Waals surface area contributed by atoms with E-state index in [1.165, 1.54) is 63.9 Å². The maximum atomic E-state index is 14.4. The van der Waals surface area contributed by atoms with Crippen molar-refractivity contribution in [2.45, 2.75) is 116 Å². The van der Waals surface area contributed by atoms with E-state index in [2.05, 4.69) is 16.9 Å². The SMILES string of the molecule is CCCCCCCCCCCCc1cnc(-c2ccc(OCCC(F)CCCC)c(F)c2)nc1. The van der Waals surface area contributed by atoms with Crippen LogP contribution < -0.4 is 4.74 Å². The van der Waals surface area contributed by atoms with E-state index in [1.807, 2.05) is 19.3 Å². The molecule has 34 heavy (non-hydrogen) atoms. The van der Waals surface area contributed by atoms with Crippen molar-refractivity contribution in [3.05, 3.63) is 42.0 Å². The summed E-state index contributed by atoms with van der Waals surface area (Å²) in [6.07, 6.45) is 19.6. The van der Waals surface area contributed by atoms with Gasteiger partial charge in [0.25, 0.3) is 0 Å². The molecular formula is C29H44F2N2O. The molecule has 1 heterocycles. The number of ether oxygens (including phenoxy) is 1. The predicted octanol–water partition coefficient (Wildman–Crippen LogP) is 9.04. The number of alkyl halides is 1. The molecule has 3 nitrogen and oxygen atoms in total. The summed E-state index contributed by atoms with van der Waals surface area (Å²) >= 11 is 0. The molecular weight excluding hydrogens is 430 g/mol. The van der Waals surface area contributed by atoms with Crippen LogP contribution in [0.15, 0.2) is 30.6 Å². The van der Waals surface area contributed by atoms with Crippen molar-refractivity contribution in [1.29, 1.82) is 0 Å². The Labute approximate surface area is 205 Å². The van der Waals surface area contributed by atoms with Crippen LogP contribution >= 0.6 is 0 Å². The first kappa shape index (κ1) is 28.2.